The molecule has 3 rings (SSSR count). The molecule has 0 aliphatic heterocycles. The molecular weight excluding hydrogens is 256 g/mol. The van der Waals surface area contributed by atoms with Crippen molar-refractivity contribution in [2.75, 3.05) is 5.32 Å². The lowest BCUT2D eigenvalue weighted by Gasteiger charge is -2.09. The van der Waals surface area contributed by atoms with Crippen molar-refractivity contribution < 1.29 is 9.90 Å². The molecule has 0 bridgehead atoms. The Morgan fingerprint density at radius 2 is 2.15 bits per heavy atom. The molecule has 0 spiro atoms. The van der Waals surface area contributed by atoms with Gasteiger partial charge in [-0.3, -0.25) is 0 Å². The summed E-state index contributed by atoms with van der Waals surface area (Å²) >= 11 is 0. The lowest BCUT2D eigenvalue weighted by Crippen LogP contribution is -2.02. The molecule has 6 heteroatoms. The van der Waals surface area contributed by atoms with E-state index in [0.717, 1.165) is 11.2 Å². The Balaban J connectivity index is 1.97. The number of anilines is 2. The van der Waals surface area contributed by atoms with Crippen LogP contribution in [0.1, 0.15) is 15.9 Å². The number of hydrogen-bond acceptors (Lipinski definition) is 4. The fraction of sp³-hybridized carbons (Fsp3) is 0.0714. The normalized spacial score (nSPS) is 10.7. The number of benzene rings is 1. The van der Waals surface area contributed by atoms with Crippen LogP contribution in [0, 0.1) is 6.92 Å². The maximum absolute atomic E-state index is 11.0. The van der Waals surface area contributed by atoms with Gasteiger partial charge in [0.15, 0.2) is 5.82 Å². The highest BCUT2D eigenvalue weighted by atomic mass is 16.4. The van der Waals surface area contributed by atoms with E-state index < -0.39 is 5.97 Å². The highest BCUT2D eigenvalue weighted by Gasteiger charge is 2.08. The van der Waals surface area contributed by atoms with Gasteiger partial charge in [0.25, 0.3) is 0 Å². The lowest BCUT2D eigenvalue weighted by molar-refractivity contribution is 0.0696. The van der Waals surface area contributed by atoms with Gasteiger partial charge in [0, 0.05) is 18.1 Å². The third kappa shape index (κ3) is 2.07. The van der Waals surface area contributed by atoms with E-state index in [4.69, 9.17) is 5.11 Å². The summed E-state index contributed by atoms with van der Waals surface area (Å²) in [5.74, 6) is -0.252. The van der Waals surface area contributed by atoms with Crippen molar-refractivity contribution in [2.24, 2.45) is 0 Å². The van der Waals surface area contributed by atoms with Crippen molar-refractivity contribution >= 4 is 23.0 Å². The average Bonchev–Trinajstić information content (AvgIpc) is 2.87. The second-order valence-corrected chi connectivity index (χ2v) is 4.40. The minimum absolute atomic E-state index is 0.297. The molecule has 0 aliphatic carbocycles. The van der Waals surface area contributed by atoms with Gasteiger partial charge in [0.1, 0.15) is 5.52 Å². The number of carboxylic acids is 1. The summed E-state index contributed by atoms with van der Waals surface area (Å²) < 4.78 is 1.72. The number of fused-ring (bicyclic) bond motifs is 1. The van der Waals surface area contributed by atoms with E-state index in [1.807, 2.05) is 6.07 Å². The summed E-state index contributed by atoms with van der Waals surface area (Å²) in [5, 5.41) is 16.3. The Bertz CT molecular complexity index is 795. The SMILES string of the molecule is Cc1cc(Nc2nccn3nccc23)ccc1C(=O)O. The van der Waals surface area contributed by atoms with Gasteiger partial charge in [-0.1, -0.05) is 0 Å². The quantitative estimate of drug-likeness (QED) is 0.762. The summed E-state index contributed by atoms with van der Waals surface area (Å²) in [7, 11) is 0. The number of hydrogen-bond donors (Lipinski definition) is 2. The topological polar surface area (TPSA) is 79.5 Å². The van der Waals surface area contributed by atoms with Crippen LogP contribution in [0.25, 0.3) is 5.52 Å². The molecule has 1 aromatic carbocycles. The van der Waals surface area contributed by atoms with Crippen LogP contribution in [0.15, 0.2) is 42.9 Å². The Labute approximate surface area is 114 Å². The highest BCUT2D eigenvalue weighted by molar-refractivity contribution is 5.90. The predicted molar refractivity (Wildman–Crippen MR) is 74.4 cm³/mol. The molecule has 0 amide bonds. The van der Waals surface area contributed by atoms with E-state index >= 15 is 0 Å². The number of nitrogens with one attached hydrogen (secondary N) is 1. The van der Waals surface area contributed by atoms with Crippen molar-refractivity contribution in [1.29, 1.82) is 0 Å². The van der Waals surface area contributed by atoms with Gasteiger partial charge >= 0.3 is 5.97 Å². The molecule has 6 nitrogen and oxygen atoms in total. The molecule has 0 atom stereocenters. The molecule has 2 N–H and O–H groups in total. The first-order chi connectivity index (χ1) is 9.65. The third-order valence-corrected chi connectivity index (χ3v) is 3.04. The van der Waals surface area contributed by atoms with Gasteiger partial charge in [-0.25, -0.2) is 14.3 Å². The number of rotatable bonds is 3. The minimum Gasteiger partial charge on any atom is -0.478 e. The Hall–Kier alpha value is -2.89. The fourth-order valence-corrected chi connectivity index (χ4v) is 2.07. The summed E-state index contributed by atoms with van der Waals surface area (Å²) in [4.78, 5) is 15.3. The zero-order chi connectivity index (χ0) is 14.1. The van der Waals surface area contributed by atoms with Crippen LogP contribution in [0.3, 0.4) is 0 Å². The van der Waals surface area contributed by atoms with Crippen LogP contribution in [-0.2, 0) is 0 Å². The van der Waals surface area contributed by atoms with Gasteiger partial charge in [-0.15, -0.1) is 0 Å². The number of nitrogens with zero attached hydrogens (tertiary/aromatic N) is 3. The average molecular weight is 268 g/mol. The molecule has 0 aliphatic rings. The largest absolute Gasteiger partial charge is 0.478 e. The molecule has 0 saturated carbocycles. The van der Waals surface area contributed by atoms with Crippen LogP contribution >= 0.6 is 0 Å². The van der Waals surface area contributed by atoms with Crippen molar-refractivity contribution in [1.82, 2.24) is 14.6 Å². The Kier molecular flexibility index (Phi) is 2.83. The van der Waals surface area contributed by atoms with Crippen LogP contribution in [0.4, 0.5) is 11.5 Å². The first-order valence-electron chi connectivity index (χ1n) is 6.04. The maximum atomic E-state index is 11.0. The molecule has 0 fully saturated rings. The van der Waals surface area contributed by atoms with Crippen LogP contribution in [0.2, 0.25) is 0 Å². The zero-order valence-electron chi connectivity index (χ0n) is 10.7. The monoisotopic (exact) mass is 268 g/mol. The fourth-order valence-electron chi connectivity index (χ4n) is 2.07. The lowest BCUT2D eigenvalue weighted by atomic mass is 10.1. The molecule has 100 valence electrons. The van der Waals surface area contributed by atoms with Gasteiger partial charge in [0.05, 0.1) is 11.8 Å². The predicted octanol–water partition coefficient (Wildman–Crippen LogP) is 2.48. The summed E-state index contributed by atoms with van der Waals surface area (Å²) in [6.07, 6.45) is 5.11. The molecule has 2 aromatic heterocycles. The highest BCUT2D eigenvalue weighted by Crippen LogP contribution is 2.21. The van der Waals surface area contributed by atoms with Gasteiger partial charge < -0.3 is 10.4 Å². The third-order valence-electron chi connectivity index (χ3n) is 3.04. The Morgan fingerprint density at radius 3 is 2.90 bits per heavy atom. The van der Waals surface area contributed by atoms with Crippen LogP contribution < -0.4 is 5.32 Å². The minimum atomic E-state index is -0.926. The number of aromatic nitrogens is 3. The smallest absolute Gasteiger partial charge is 0.335 e. The van der Waals surface area contributed by atoms with Crippen molar-refractivity contribution in [3.63, 3.8) is 0 Å². The number of carboxylic acid groups (broad SMARTS) is 1. The van der Waals surface area contributed by atoms with E-state index in [1.54, 1.807) is 48.2 Å². The van der Waals surface area contributed by atoms with E-state index in [2.05, 4.69) is 15.4 Å². The van der Waals surface area contributed by atoms with Crippen molar-refractivity contribution in [3.05, 3.63) is 54.0 Å². The molecule has 0 unspecified atom stereocenters. The first kappa shape index (κ1) is 12.2. The summed E-state index contributed by atoms with van der Waals surface area (Å²) in [6, 6.07) is 6.94. The second kappa shape index (κ2) is 4.65. The molecule has 2 heterocycles. The number of aryl methyl sites for hydroxylation is 1. The number of aromatic carboxylic acids is 1. The van der Waals surface area contributed by atoms with Crippen LogP contribution in [-0.4, -0.2) is 25.7 Å². The summed E-state index contributed by atoms with van der Waals surface area (Å²) in [5.41, 5.74) is 2.63. The van der Waals surface area contributed by atoms with Gasteiger partial charge in [0.2, 0.25) is 0 Å². The van der Waals surface area contributed by atoms with Crippen molar-refractivity contribution in [2.45, 2.75) is 6.92 Å². The number of carbonyl (C=O) groups is 1. The molecule has 0 saturated heterocycles. The van der Waals surface area contributed by atoms with E-state index in [1.165, 1.54) is 0 Å². The second-order valence-electron chi connectivity index (χ2n) is 4.40. The first-order valence-corrected chi connectivity index (χ1v) is 6.04. The molecular formula is C14H12N4O2. The molecule has 3 aromatic rings. The van der Waals surface area contributed by atoms with E-state index in [-0.39, 0.29) is 0 Å². The van der Waals surface area contributed by atoms with E-state index in [0.29, 0.717) is 16.9 Å². The molecule has 20 heavy (non-hydrogen) atoms. The summed E-state index contributed by atoms with van der Waals surface area (Å²) in [6.45, 7) is 1.77. The van der Waals surface area contributed by atoms with E-state index in [9.17, 15) is 4.79 Å². The van der Waals surface area contributed by atoms with Crippen LogP contribution in [0.5, 0.6) is 0 Å². The maximum Gasteiger partial charge on any atom is 0.335 e. The standard InChI is InChI=1S/C14H12N4O2/c1-9-8-10(2-3-11(9)14(19)20)17-13-12-4-5-16-18(12)7-6-15-13/h2-8H,1H3,(H,15,17)(H,19,20). The Morgan fingerprint density at radius 1 is 1.30 bits per heavy atom. The van der Waals surface area contributed by atoms with Gasteiger partial charge in [-0.05, 0) is 36.8 Å². The molecule has 0 radical (unpaired) electrons. The zero-order valence-corrected chi connectivity index (χ0v) is 10.7. The van der Waals surface area contributed by atoms with Crippen molar-refractivity contribution in [3.8, 4) is 0 Å². The van der Waals surface area contributed by atoms with Gasteiger partial charge in [-0.2, -0.15) is 5.10 Å².